The Morgan fingerprint density at radius 1 is 1.29 bits per heavy atom. The highest BCUT2D eigenvalue weighted by molar-refractivity contribution is 5.82. The van der Waals surface area contributed by atoms with Crippen LogP contribution in [0, 0.1) is 0 Å². The zero-order valence-corrected chi connectivity index (χ0v) is 10.6. The van der Waals surface area contributed by atoms with Gasteiger partial charge in [-0.05, 0) is 30.5 Å². The second kappa shape index (κ2) is 3.10. The van der Waals surface area contributed by atoms with Crippen LogP contribution in [0.1, 0.15) is 44.9 Å². The molecule has 3 heteroatoms. The largest absolute Gasteiger partial charge is 0.360 e. The molecule has 0 radical (unpaired) electrons. The second-order valence-corrected chi connectivity index (χ2v) is 6.15. The maximum Gasteiger partial charge on any atom is 0.149 e. The summed E-state index contributed by atoms with van der Waals surface area (Å²) in [5.41, 5.74) is 8.24. The van der Waals surface area contributed by atoms with E-state index in [9.17, 15) is 0 Å². The number of aromatic nitrogens is 1. The average Bonchev–Trinajstić information content (AvgIpc) is 2.85. The van der Waals surface area contributed by atoms with Gasteiger partial charge in [-0.3, -0.25) is 0 Å². The van der Waals surface area contributed by atoms with E-state index < -0.39 is 0 Å². The van der Waals surface area contributed by atoms with Gasteiger partial charge in [-0.2, -0.15) is 0 Å². The van der Waals surface area contributed by atoms with Gasteiger partial charge in [-0.1, -0.05) is 32.0 Å². The minimum atomic E-state index is -0.0966. The van der Waals surface area contributed by atoms with Gasteiger partial charge in [0, 0.05) is 16.3 Å². The van der Waals surface area contributed by atoms with Crippen molar-refractivity contribution in [2.24, 2.45) is 5.73 Å². The first-order valence-corrected chi connectivity index (χ1v) is 6.09. The van der Waals surface area contributed by atoms with Crippen LogP contribution in [0.4, 0.5) is 0 Å². The summed E-state index contributed by atoms with van der Waals surface area (Å²) in [7, 11) is 0. The van der Waals surface area contributed by atoms with Crippen molar-refractivity contribution in [2.75, 3.05) is 0 Å². The summed E-state index contributed by atoms with van der Waals surface area (Å²) in [6, 6.07) is 6.24. The third-order valence-electron chi connectivity index (χ3n) is 3.52. The van der Waals surface area contributed by atoms with E-state index in [1.54, 1.807) is 0 Å². The van der Waals surface area contributed by atoms with Crippen LogP contribution in [0.5, 0.6) is 0 Å². The van der Waals surface area contributed by atoms with E-state index >= 15 is 0 Å². The summed E-state index contributed by atoms with van der Waals surface area (Å²) in [6.07, 6.45) is 2.16. The van der Waals surface area contributed by atoms with Gasteiger partial charge >= 0.3 is 0 Å². The van der Waals surface area contributed by atoms with Crippen LogP contribution in [0.2, 0.25) is 0 Å². The molecule has 0 saturated heterocycles. The summed E-state index contributed by atoms with van der Waals surface area (Å²) < 4.78 is 5.48. The zero-order chi connectivity index (χ0) is 12.3. The molecule has 0 unspecified atom stereocenters. The third-order valence-corrected chi connectivity index (χ3v) is 3.52. The van der Waals surface area contributed by atoms with Gasteiger partial charge in [0.2, 0.25) is 0 Å². The molecule has 1 fully saturated rings. The van der Waals surface area contributed by atoms with Crippen LogP contribution < -0.4 is 5.73 Å². The Morgan fingerprint density at radius 2 is 2.00 bits per heavy atom. The first-order chi connectivity index (χ1) is 7.90. The van der Waals surface area contributed by atoms with Crippen molar-refractivity contribution in [2.45, 2.75) is 44.6 Å². The maximum atomic E-state index is 6.24. The molecule has 2 N–H and O–H groups in total. The molecular weight excluding hydrogens is 212 g/mol. The normalized spacial score (nSPS) is 18.6. The average molecular weight is 230 g/mol. The minimum Gasteiger partial charge on any atom is -0.360 e. The van der Waals surface area contributed by atoms with Crippen molar-refractivity contribution in [1.82, 2.24) is 5.16 Å². The molecule has 0 amide bonds. The predicted molar refractivity (Wildman–Crippen MR) is 67.8 cm³/mol. The van der Waals surface area contributed by atoms with Crippen LogP contribution in [0.3, 0.4) is 0 Å². The summed E-state index contributed by atoms with van der Waals surface area (Å²) in [5.74, 6) is 0.943. The van der Waals surface area contributed by atoms with Gasteiger partial charge in [0.05, 0.1) is 0 Å². The highest BCUT2D eigenvalue weighted by Crippen LogP contribution is 2.44. The number of fused-ring (bicyclic) bond motifs is 1. The lowest BCUT2D eigenvalue weighted by Gasteiger charge is -2.15. The molecule has 0 aliphatic heterocycles. The number of hydrogen-bond donors (Lipinski definition) is 1. The Morgan fingerprint density at radius 3 is 2.59 bits per heavy atom. The highest BCUT2D eigenvalue weighted by atomic mass is 16.5. The topological polar surface area (TPSA) is 52.0 Å². The molecule has 0 spiro atoms. The first kappa shape index (κ1) is 10.8. The summed E-state index contributed by atoms with van der Waals surface area (Å²) in [5, 5.41) is 5.22. The highest BCUT2D eigenvalue weighted by Gasteiger charge is 2.40. The van der Waals surface area contributed by atoms with Crippen molar-refractivity contribution >= 4 is 10.9 Å². The van der Waals surface area contributed by atoms with E-state index in [1.165, 1.54) is 5.56 Å². The molecule has 1 aliphatic carbocycles. The fraction of sp³-hybridized carbons (Fsp3) is 0.500. The molecule has 2 aromatic rings. The number of nitrogens with zero attached hydrogens (tertiary/aromatic N) is 1. The predicted octanol–water partition coefficient (Wildman–Crippen LogP) is 3.07. The third kappa shape index (κ3) is 1.65. The SMILES string of the molecule is CC(C)(C)c1onc2ccc(C3(N)CC3)cc12. The number of rotatable bonds is 1. The first-order valence-electron chi connectivity index (χ1n) is 6.09. The molecule has 1 aromatic carbocycles. The van der Waals surface area contributed by atoms with Gasteiger partial charge in [0.1, 0.15) is 11.3 Å². The van der Waals surface area contributed by atoms with Gasteiger partial charge in [-0.15, -0.1) is 0 Å². The molecule has 90 valence electrons. The number of hydrogen-bond acceptors (Lipinski definition) is 3. The summed E-state index contributed by atoms with van der Waals surface area (Å²) >= 11 is 0. The smallest absolute Gasteiger partial charge is 0.149 e. The Hall–Kier alpha value is -1.35. The summed E-state index contributed by atoms with van der Waals surface area (Å²) in [4.78, 5) is 0. The molecule has 0 bridgehead atoms. The number of nitrogens with two attached hydrogens (primary N) is 1. The van der Waals surface area contributed by atoms with Crippen LogP contribution >= 0.6 is 0 Å². The van der Waals surface area contributed by atoms with Crippen molar-refractivity contribution < 1.29 is 4.52 Å². The fourth-order valence-electron chi connectivity index (χ4n) is 2.22. The molecule has 3 rings (SSSR count). The van der Waals surface area contributed by atoms with Crippen molar-refractivity contribution in [1.29, 1.82) is 0 Å². The fourth-order valence-corrected chi connectivity index (χ4v) is 2.22. The standard InChI is InChI=1S/C14H18N2O/c1-13(2,3)12-10-8-9(14(15)6-7-14)4-5-11(10)16-17-12/h4-5,8H,6-7,15H2,1-3H3. The molecule has 1 heterocycles. The minimum absolute atomic E-state index is 0.0291. The van der Waals surface area contributed by atoms with Gasteiger partial charge in [0.25, 0.3) is 0 Å². The Kier molecular flexibility index (Phi) is 1.97. The lowest BCUT2D eigenvalue weighted by molar-refractivity contribution is 0.336. The molecule has 17 heavy (non-hydrogen) atoms. The summed E-state index contributed by atoms with van der Waals surface area (Å²) in [6.45, 7) is 6.40. The maximum absolute atomic E-state index is 6.24. The van der Waals surface area contributed by atoms with E-state index in [0.29, 0.717) is 0 Å². The van der Waals surface area contributed by atoms with Crippen molar-refractivity contribution in [3.05, 3.63) is 29.5 Å². The second-order valence-electron chi connectivity index (χ2n) is 6.15. The molecule has 1 aliphatic rings. The van der Waals surface area contributed by atoms with E-state index in [4.69, 9.17) is 10.3 Å². The van der Waals surface area contributed by atoms with Crippen molar-refractivity contribution in [3.8, 4) is 0 Å². The van der Waals surface area contributed by atoms with Crippen LogP contribution in [-0.2, 0) is 11.0 Å². The van der Waals surface area contributed by atoms with E-state index in [-0.39, 0.29) is 11.0 Å². The molecule has 1 saturated carbocycles. The molecule has 1 aromatic heterocycles. The lowest BCUT2D eigenvalue weighted by atomic mass is 9.90. The Bertz CT molecular complexity index is 573. The Labute approximate surface area is 101 Å². The van der Waals surface area contributed by atoms with Gasteiger partial charge in [0.15, 0.2) is 0 Å². The number of benzene rings is 1. The van der Waals surface area contributed by atoms with E-state index in [2.05, 4.69) is 38.1 Å². The quantitative estimate of drug-likeness (QED) is 0.819. The zero-order valence-electron chi connectivity index (χ0n) is 10.6. The molecular formula is C14H18N2O. The van der Waals surface area contributed by atoms with Crippen molar-refractivity contribution in [3.63, 3.8) is 0 Å². The van der Waals surface area contributed by atoms with Crippen LogP contribution in [0.25, 0.3) is 10.9 Å². The van der Waals surface area contributed by atoms with E-state index in [1.807, 2.05) is 6.07 Å². The van der Waals surface area contributed by atoms with E-state index in [0.717, 1.165) is 29.5 Å². The molecule has 0 atom stereocenters. The Balaban J connectivity index is 2.20. The van der Waals surface area contributed by atoms with Crippen LogP contribution in [0.15, 0.2) is 22.7 Å². The van der Waals surface area contributed by atoms with Gasteiger partial charge in [-0.25, -0.2) is 0 Å². The lowest BCUT2D eigenvalue weighted by Crippen LogP contribution is -2.18. The monoisotopic (exact) mass is 230 g/mol. The van der Waals surface area contributed by atoms with Gasteiger partial charge < -0.3 is 10.3 Å². The van der Waals surface area contributed by atoms with Crippen LogP contribution in [-0.4, -0.2) is 5.16 Å². The molecule has 3 nitrogen and oxygen atoms in total.